The molecule has 7 heteroatoms. The van der Waals surface area contributed by atoms with Crippen LogP contribution in [0.15, 0.2) is 24.3 Å². The third kappa shape index (κ3) is 4.62. The van der Waals surface area contributed by atoms with Crippen LogP contribution in [0.1, 0.15) is 50.4 Å². The fraction of sp³-hybridized carbons (Fsp3) is 0.435. The third-order valence-corrected chi connectivity index (χ3v) is 5.59. The first-order chi connectivity index (χ1) is 14.3. The summed E-state index contributed by atoms with van der Waals surface area (Å²) >= 11 is 0. The Balaban J connectivity index is 1.81. The van der Waals surface area contributed by atoms with Gasteiger partial charge in [-0.2, -0.15) is 0 Å². The minimum atomic E-state index is -0.401. The Morgan fingerprint density at radius 3 is 2.23 bits per heavy atom. The summed E-state index contributed by atoms with van der Waals surface area (Å²) in [6.45, 7) is 7.28. The Hall–Kier alpha value is -2.93. The number of aromatic nitrogens is 1. The normalized spacial score (nSPS) is 14.5. The van der Waals surface area contributed by atoms with Gasteiger partial charge in [0.25, 0.3) is 5.91 Å². The van der Waals surface area contributed by atoms with Gasteiger partial charge in [0.05, 0.1) is 18.8 Å². The van der Waals surface area contributed by atoms with Crippen LogP contribution in [0, 0.1) is 20.8 Å². The molecule has 0 spiro atoms. The zero-order chi connectivity index (χ0) is 21.8. The van der Waals surface area contributed by atoms with Gasteiger partial charge in [-0.05, 0) is 68.5 Å². The summed E-state index contributed by atoms with van der Waals surface area (Å²) < 4.78 is 10.2. The molecule has 1 fully saturated rings. The molecule has 1 aromatic heterocycles. The zero-order valence-electron chi connectivity index (χ0n) is 18.2. The number of hydrogen-bond acceptors (Lipinski definition) is 6. The molecule has 1 aliphatic heterocycles. The van der Waals surface area contributed by atoms with Crippen LogP contribution < -0.4 is 10.2 Å². The highest BCUT2D eigenvalue weighted by Crippen LogP contribution is 2.25. The first-order valence-corrected chi connectivity index (χ1v) is 10.1. The number of benzene rings is 1. The molecule has 0 bridgehead atoms. The number of ether oxygens (including phenoxy) is 2. The molecule has 2 heterocycles. The summed E-state index contributed by atoms with van der Waals surface area (Å²) in [6, 6.07) is 7.32. The van der Waals surface area contributed by atoms with Crippen molar-refractivity contribution in [1.29, 1.82) is 0 Å². The van der Waals surface area contributed by atoms with E-state index in [1.165, 1.54) is 7.11 Å². The third-order valence-electron chi connectivity index (χ3n) is 5.59. The Labute approximate surface area is 177 Å². The van der Waals surface area contributed by atoms with Crippen molar-refractivity contribution in [3.63, 3.8) is 0 Å². The average Bonchev–Trinajstić information content (AvgIpc) is 2.75. The van der Waals surface area contributed by atoms with Crippen LogP contribution in [0.25, 0.3) is 0 Å². The lowest BCUT2D eigenvalue weighted by Crippen LogP contribution is -2.37. The fourth-order valence-corrected chi connectivity index (χ4v) is 3.81. The number of esters is 1. The second-order valence-corrected chi connectivity index (χ2v) is 7.69. The number of hydrogen-bond donors (Lipinski definition) is 1. The predicted molar refractivity (Wildman–Crippen MR) is 116 cm³/mol. The smallest absolute Gasteiger partial charge is 0.337 e. The van der Waals surface area contributed by atoms with E-state index >= 15 is 0 Å². The van der Waals surface area contributed by atoms with Crippen molar-refractivity contribution in [2.75, 3.05) is 37.5 Å². The first kappa shape index (κ1) is 21.8. The molecule has 1 aromatic carbocycles. The maximum Gasteiger partial charge on any atom is 0.337 e. The van der Waals surface area contributed by atoms with E-state index in [0.717, 1.165) is 48.4 Å². The van der Waals surface area contributed by atoms with Crippen LogP contribution in [0.4, 0.5) is 11.5 Å². The molecule has 2 aromatic rings. The van der Waals surface area contributed by atoms with E-state index in [2.05, 4.69) is 15.2 Å². The number of anilines is 2. The summed E-state index contributed by atoms with van der Waals surface area (Å²) in [7, 11) is 3.09. The summed E-state index contributed by atoms with van der Waals surface area (Å²) in [5.74, 6) is 0.134. The lowest BCUT2D eigenvalue weighted by Gasteiger charge is -2.32. The highest BCUT2D eigenvalue weighted by atomic mass is 16.5. The molecule has 3 rings (SSSR count). The van der Waals surface area contributed by atoms with E-state index < -0.39 is 5.97 Å². The van der Waals surface area contributed by atoms with Crippen molar-refractivity contribution < 1.29 is 19.1 Å². The van der Waals surface area contributed by atoms with Crippen LogP contribution in [0.2, 0.25) is 0 Å². The topological polar surface area (TPSA) is 80.8 Å². The second kappa shape index (κ2) is 9.26. The number of rotatable bonds is 5. The Bertz CT molecular complexity index is 926. The van der Waals surface area contributed by atoms with E-state index in [1.807, 2.05) is 32.9 Å². The molecule has 1 saturated heterocycles. The minimum Gasteiger partial charge on any atom is -0.465 e. The van der Waals surface area contributed by atoms with Gasteiger partial charge in [0, 0.05) is 25.9 Å². The number of amides is 1. The van der Waals surface area contributed by atoms with Gasteiger partial charge in [-0.1, -0.05) is 6.07 Å². The first-order valence-electron chi connectivity index (χ1n) is 10.1. The molecule has 1 aliphatic rings. The highest BCUT2D eigenvalue weighted by Gasteiger charge is 2.22. The molecule has 7 nitrogen and oxygen atoms in total. The molecule has 0 atom stereocenters. The monoisotopic (exact) mass is 411 g/mol. The predicted octanol–water partition coefficient (Wildman–Crippen LogP) is 3.66. The summed E-state index contributed by atoms with van der Waals surface area (Å²) in [5, 5.41) is 2.97. The largest absolute Gasteiger partial charge is 0.465 e. The summed E-state index contributed by atoms with van der Waals surface area (Å²) in [4.78, 5) is 31.7. The van der Waals surface area contributed by atoms with Gasteiger partial charge in [-0.15, -0.1) is 0 Å². The number of aryl methyl sites for hydroxylation is 3. The van der Waals surface area contributed by atoms with Crippen LogP contribution in [-0.2, 0) is 9.47 Å². The van der Waals surface area contributed by atoms with Crippen LogP contribution in [0.5, 0.6) is 0 Å². The fourth-order valence-electron chi connectivity index (χ4n) is 3.81. The van der Waals surface area contributed by atoms with Crippen molar-refractivity contribution >= 4 is 23.4 Å². The molecule has 160 valence electrons. The molecule has 0 unspecified atom stereocenters. The molecule has 1 N–H and O–H groups in total. The van der Waals surface area contributed by atoms with Crippen molar-refractivity contribution in [3.8, 4) is 0 Å². The van der Waals surface area contributed by atoms with Crippen molar-refractivity contribution in [3.05, 3.63) is 52.2 Å². The maximum atomic E-state index is 13.0. The second-order valence-electron chi connectivity index (χ2n) is 7.69. The van der Waals surface area contributed by atoms with Gasteiger partial charge in [-0.3, -0.25) is 4.79 Å². The van der Waals surface area contributed by atoms with Crippen LogP contribution in [-0.4, -0.2) is 50.3 Å². The zero-order valence-corrected chi connectivity index (χ0v) is 18.2. The number of piperidine rings is 1. The SMILES string of the molecule is COC(=O)c1cc(C)c(NC(=O)c2nc(N3CCC(OC)CC3)ccc2C)c(C)c1. The molecule has 1 amide bonds. The lowest BCUT2D eigenvalue weighted by atomic mass is 10.0. The molecular weight excluding hydrogens is 382 g/mol. The number of carbonyl (C=O) groups excluding carboxylic acids is 2. The number of pyridine rings is 1. The molecule has 0 aliphatic carbocycles. The van der Waals surface area contributed by atoms with Crippen molar-refractivity contribution in [2.24, 2.45) is 0 Å². The molecule has 0 radical (unpaired) electrons. The lowest BCUT2D eigenvalue weighted by molar-refractivity contribution is 0.0600. The van der Waals surface area contributed by atoms with Gasteiger partial charge in [0.15, 0.2) is 0 Å². The van der Waals surface area contributed by atoms with Crippen molar-refractivity contribution in [2.45, 2.75) is 39.7 Å². The molecule has 0 saturated carbocycles. The Kier molecular flexibility index (Phi) is 6.72. The van der Waals surface area contributed by atoms with Gasteiger partial charge in [-0.25, -0.2) is 9.78 Å². The van der Waals surface area contributed by atoms with E-state index in [-0.39, 0.29) is 12.0 Å². The average molecular weight is 412 g/mol. The Morgan fingerprint density at radius 2 is 1.67 bits per heavy atom. The summed E-state index contributed by atoms with van der Waals surface area (Å²) in [6.07, 6.45) is 2.17. The van der Waals surface area contributed by atoms with E-state index in [4.69, 9.17) is 9.47 Å². The highest BCUT2D eigenvalue weighted by molar-refractivity contribution is 6.05. The van der Waals surface area contributed by atoms with Gasteiger partial charge in [0.1, 0.15) is 11.5 Å². The van der Waals surface area contributed by atoms with Gasteiger partial charge in [0.2, 0.25) is 0 Å². The van der Waals surface area contributed by atoms with Gasteiger partial charge >= 0.3 is 5.97 Å². The van der Waals surface area contributed by atoms with Crippen LogP contribution in [0.3, 0.4) is 0 Å². The van der Waals surface area contributed by atoms with Crippen LogP contribution >= 0.6 is 0 Å². The number of nitrogens with zero attached hydrogens (tertiary/aromatic N) is 2. The number of nitrogens with one attached hydrogen (secondary N) is 1. The maximum absolute atomic E-state index is 13.0. The number of carbonyl (C=O) groups is 2. The summed E-state index contributed by atoms with van der Waals surface area (Å²) in [5.41, 5.74) is 3.93. The molecule has 30 heavy (non-hydrogen) atoms. The van der Waals surface area contributed by atoms with E-state index in [1.54, 1.807) is 19.2 Å². The minimum absolute atomic E-state index is 0.266. The quantitative estimate of drug-likeness (QED) is 0.757. The van der Waals surface area contributed by atoms with Gasteiger partial charge < -0.3 is 19.7 Å². The van der Waals surface area contributed by atoms with E-state index in [9.17, 15) is 9.59 Å². The Morgan fingerprint density at radius 1 is 1.03 bits per heavy atom. The van der Waals surface area contributed by atoms with Crippen molar-refractivity contribution in [1.82, 2.24) is 4.98 Å². The number of methoxy groups -OCH3 is 2. The van der Waals surface area contributed by atoms with E-state index in [0.29, 0.717) is 16.9 Å². The standard InChI is InChI=1S/C23H29N3O4/c1-14-6-7-19(26-10-8-18(29-4)9-11-26)24-21(14)22(27)25-20-15(2)12-17(13-16(20)3)23(28)30-5/h6-7,12-13,18H,8-11H2,1-5H3,(H,25,27). The molecular formula is C23H29N3O4.